The quantitative estimate of drug-likeness (QED) is 0.724. The zero-order valence-corrected chi connectivity index (χ0v) is 11.9. The first-order valence-corrected chi connectivity index (χ1v) is 7.26. The lowest BCUT2D eigenvalue weighted by molar-refractivity contribution is 0.409. The topological polar surface area (TPSA) is 25.2 Å². The van der Waals surface area contributed by atoms with Gasteiger partial charge in [-0.1, -0.05) is 60.7 Å². The number of hydrogen-bond acceptors (Lipinski definition) is 2. The summed E-state index contributed by atoms with van der Waals surface area (Å²) >= 11 is 0. The van der Waals surface area contributed by atoms with Gasteiger partial charge in [0.25, 0.3) is 0 Å². The first-order chi connectivity index (χ1) is 10.4. The van der Waals surface area contributed by atoms with Crippen molar-refractivity contribution in [2.45, 2.75) is 19.0 Å². The second-order valence-electron chi connectivity index (χ2n) is 5.12. The molecule has 1 unspecified atom stereocenters. The second kappa shape index (κ2) is 6.91. The van der Waals surface area contributed by atoms with Gasteiger partial charge in [-0.25, -0.2) is 0 Å². The predicted molar refractivity (Wildman–Crippen MR) is 84.9 cm³/mol. The summed E-state index contributed by atoms with van der Waals surface area (Å²) < 4.78 is 5.59. The molecule has 2 aromatic carbocycles. The molecule has 1 heterocycles. The Balaban J connectivity index is 1.71. The van der Waals surface area contributed by atoms with Crippen LogP contribution in [-0.2, 0) is 13.0 Å². The highest BCUT2D eigenvalue weighted by Crippen LogP contribution is 2.19. The Morgan fingerprint density at radius 3 is 2.05 bits per heavy atom. The zero-order valence-electron chi connectivity index (χ0n) is 11.9. The lowest BCUT2D eigenvalue weighted by atomic mass is 10.0. The highest BCUT2D eigenvalue weighted by molar-refractivity contribution is 5.19. The summed E-state index contributed by atoms with van der Waals surface area (Å²) in [5.41, 5.74) is 2.58. The largest absolute Gasteiger partial charge is 0.468 e. The van der Waals surface area contributed by atoms with Crippen LogP contribution in [0.15, 0.2) is 83.5 Å². The predicted octanol–water partition coefficient (Wildman–Crippen LogP) is 4.35. The average molecular weight is 277 g/mol. The van der Waals surface area contributed by atoms with E-state index >= 15 is 0 Å². The van der Waals surface area contributed by atoms with Crippen LogP contribution in [0, 0.1) is 0 Å². The zero-order chi connectivity index (χ0) is 14.3. The summed E-state index contributed by atoms with van der Waals surface area (Å²) in [5, 5.41) is 3.59. The molecule has 1 N–H and O–H groups in total. The van der Waals surface area contributed by atoms with Crippen molar-refractivity contribution in [2.75, 3.05) is 0 Å². The molecule has 0 aliphatic heterocycles. The molecule has 3 aromatic rings. The summed E-state index contributed by atoms with van der Waals surface area (Å²) in [6, 6.07) is 25.1. The highest BCUT2D eigenvalue weighted by atomic mass is 16.3. The maximum atomic E-state index is 5.59. The molecule has 1 atom stereocenters. The molecule has 0 saturated carbocycles. The van der Waals surface area contributed by atoms with Gasteiger partial charge in [-0.05, 0) is 29.7 Å². The fourth-order valence-corrected chi connectivity index (χ4v) is 2.45. The lowest BCUT2D eigenvalue weighted by Gasteiger charge is -2.17. The number of furan rings is 1. The fourth-order valence-electron chi connectivity index (χ4n) is 2.45. The molecule has 0 aliphatic carbocycles. The first-order valence-electron chi connectivity index (χ1n) is 7.26. The van der Waals surface area contributed by atoms with E-state index in [1.807, 2.05) is 24.3 Å². The molecule has 106 valence electrons. The van der Waals surface area contributed by atoms with Crippen LogP contribution < -0.4 is 5.32 Å². The molecule has 0 radical (unpaired) electrons. The van der Waals surface area contributed by atoms with Gasteiger partial charge in [0.2, 0.25) is 0 Å². The standard InChI is InChI=1S/C19H19NO/c1-3-8-16(9-4-1)14-18(19-12-7-13-21-19)20-15-17-10-5-2-6-11-17/h1-13,18,20H,14-15H2. The molecule has 3 rings (SSSR count). The van der Waals surface area contributed by atoms with E-state index in [1.165, 1.54) is 11.1 Å². The van der Waals surface area contributed by atoms with Gasteiger partial charge in [-0.15, -0.1) is 0 Å². The summed E-state index contributed by atoms with van der Waals surface area (Å²) in [7, 11) is 0. The molecule has 0 amide bonds. The van der Waals surface area contributed by atoms with E-state index < -0.39 is 0 Å². The molecular weight excluding hydrogens is 258 g/mol. The van der Waals surface area contributed by atoms with Crippen molar-refractivity contribution < 1.29 is 4.42 Å². The Labute approximate surface area is 125 Å². The summed E-state index contributed by atoms with van der Waals surface area (Å²) in [6.45, 7) is 0.832. The lowest BCUT2D eigenvalue weighted by Crippen LogP contribution is -2.22. The van der Waals surface area contributed by atoms with Gasteiger partial charge in [0.15, 0.2) is 0 Å². The monoisotopic (exact) mass is 277 g/mol. The van der Waals surface area contributed by atoms with Gasteiger partial charge in [0.1, 0.15) is 5.76 Å². The van der Waals surface area contributed by atoms with Crippen LogP contribution in [-0.4, -0.2) is 0 Å². The van der Waals surface area contributed by atoms with E-state index in [2.05, 4.69) is 53.8 Å². The SMILES string of the molecule is c1ccc(CNC(Cc2ccccc2)c2ccco2)cc1. The first kappa shape index (κ1) is 13.7. The molecule has 0 saturated heterocycles. The summed E-state index contributed by atoms with van der Waals surface area (Å²) in [5.74, 6) is 0.981. The highest BCUT2D eigenvalue weighted by Gasteiger charge is 2.14. The van der Waals surface area contributed by atoms with E-state index in [0.717, 1.165) is 18.7 Å². The second-order valence-corrected chi connectivity index (χ2v) is 5.12. The Bertz CT molecular complexity index is 632. The Morgan fingerprint density at radius 2 is 1.43 bits per heavy atom. The van der Waals surface area contributed by atoms with Crippen molar-refractivity contribution in [2.24, 2.45) is 0 Å². The average Bonchev–Trinajstić information content (AvgIpc) is 3.08. The number of hydrogen-bond donors (Lipinski definition) is 1. The number of benzene rings is 2. The minimum atomic E-state index is 0.183. The van der Waals surface area contributed by atoms with E-state index in [0.29, 0.717) is 0 Å². The molecule has 0 bridgehead atoms. The van der Waals surface area contributed by atoms with Crippen molar-refractivity contribution in [1.82, 2.24) is 5.32 Å². The molecule has 2 nitrogen and oxygen atoms in total. The summed E-state index contributed by atoms with van der Waals surface area (Å²) in [6.07, 6.45) is 2.65. The Kier molecular flexibility index (Phi) is 4.49. The molecular formula is C19H19NO. The van der Waals surface area contributed by atoms with Crippen LogP contribution in [0.1, 0.15) is 22.9 Å². The van der Waals surface area contributed by atoms with Gasteiger partial charge in [-0.2, -0.15) is 0 Å². The minimum absolute atomic E-state index is 0.183. The van der Waals surface area contributed by atoms with Crippen molar-refractivity contribution in [3.63, 3.8) is 0 Å². The Morgan fingerprint density at radius 1 is 0.762 bits per heavy atom. The van der Waals surface area contributed by atoms with Crippen LogP contribution in [0.25, 0.3) is 0 Å². The number of rotatable bonds is 6. The van der Waals surface area contributed by atoms with Crippen LogP contribution in [0.2, 0.25) is 0 Å². The molecule has 0 spiro atoms. The van der Waals surface area contributed by atoms with E-state index in [9.17, 15) is 0 Å². The molecule has 21 heavy (non-hydrogen) atoms. The van der Waals surface area contributed by atoms with Gasteiger partial charge < -0.3 is 9.73 Å². The molecule has 2 heteroatoms. The van der Waals surface area contributed by atoms with Crippen LogP contribution in [0.5, 0.6) is 0 Å². The van der Waals surface area contributed by atoms with Crippen molar-refractivity contribution in [3.8, 4) is 0 Å². The van der Waals surface area contributed by atoms with Crippen LogP contribution in [0.4, 0.5) is 0 Å². The van der Waals surface area contributed by atoms with Crippen LogP contribution >= 0.6 is 0 Å². The smallest absolute Gasteiger partial charge is 0.121 e. The normalized spacial score (nSPS) is 12.2. The van der Waals surface area contributed by atoms with E-state index in [-0.39, 0.29) is 6.04 Å². The summed E-state index contributed by atoms with van der Waals surface area (Å²) in [4.78, 5) is 0. The number of nitrogens with one attached hydrogen (secondary N) is 1. The Hall–Kier alpha value is -2.32. The van der Waals surface area contributed by atoms with E-state index in [1.54, 1.807) is 6.26 Å². The van der Waals surface area contributed by atoms with Crippen molar-refractivity contribution in [3.05, 3.63) is 95.9 Å². The molecule has 0 fully saturated rings. The van der Waals surface area contributed by atoms with Gasteiger partial charge in [0.05, 0.1) is 12.3 Å². The maximum absolute atomic E-state index is 5.59. The van der Waals surface area contributed by atoms with Gasteiger partial charge >= 0.3 is 0 Å². The van der Waals surface area contributed by atoms with E-state index in [4.69, 9.17) is 4.42 Å². The third-order valence-electron chi connectivity index (χ3n) is 3.56. The van der Waals surface area contributed by atoms with Crippen molar-refractivity contribution >= 4 is 0 Å². The van der Waals surface area contributed by atoms with Crippen molar-refractivity contribution in [1.29, 1.82) is 0 Å². The third-order valence-corrected chi connectivity index (χ3v) is 3.56. The molecule has 0 aliphatic rings. The van der Waals surface area contributed by atoms with Crippen LogP contribution in [0.3, 0.4) is 0 Å². The van der Waals surface area contributed by atoms with Gasteiger partial charge in [-0.3, -0.25) is 0 Å². The third kappa shape index (κ3) is 3.83. The minimum Gasteiger partial charge on any atom is -0.468 e. The fraction of sp³-hybridized carbons (Fsp3) is 0.158. The van der Waals surface area contributed by atoms with Gasteiger partial charge in [0, 0.05) is 6.54 Å². The maximum Gasteiger partial charge on any atom is 0.121 e. The molecule has 1 aromatic heterocycles.